The molecule has 1 aliphatic heterocycles. The smallest absolute Gasteiger partial charge is 0.0435 e. The summed E-state index contributed by atoms with van der Waals surface area (Å²) in [5.41, 5.74) is 5.17. The van der Waals surface area contributed by atoms with Gasteiger partial charge in [0.2, 0.25) is 0 Å². The average molecular weight is 287 g/mol. The highest BCUT2D eigenvalue weighted by atomic mass is 15.2. The van der Waals surface area contributed by atoms with Gasteiger partial charge in [-0.25, -0.2) is 0 Å². The molecule has 0 N–H and O–H groups in total. The molecule has 1 aromatic rings. The van der Waals surface area contributed by atoms with Gasteiger partial charge in [-0.2, -0.15) is 0 Å². The van der Waals surface area contributed by atoms with Crippen molar-refractivity contribution < 1.29 is 0 Å². The Morgan fingerprint density at radius 3 is 2.24 bits per heavy atom. The molecule has 1 heteroatoms. The number of anilines is 1. The minimum absolute atomic E-state index is 0.252. The fraction of sp³-hybridized carbons (Fsp3) is 0.700. The van der Waals surface area contributed by atoms with Gasteiger partial charge in [0.1, 0.15) is 0 Å². The third kappa shape index (κ3) is 2.84. The van der Waals surface area contributed by atoms with Gasteiger partial charge in [0.05, 0.1) is 0 Å². The van der Waals surface area contributed by atoms with Crippen LogP contribution in [0.15, 0.2) is 18.2 Å². The van der Waals surface area contributed by atoms with Crippen LogP contribution >= 0.6 is 0 Å². The second kappa shape index (κ2) is 5.66. The van der Waals surface area contributed by atoms with Gasteiger partial charge in [0.25, 0.3) is 0 Å². The lowest BCUT2D eigenvalue weighted by molar-refractivity contribution is 0.276. The molecule has 21 heavy (non-hydrogen) atoms. The highest BCUT2D eigenvalue weighted by molar-refractivity contribution is 5.63. The van der Waals surface area contributed by atoms with E-state index in [0.717, 1.165) is 0 Å². The first-order valence-electron chi connectivity index (χ1n) is 8.63. The monoisotopic (exact) mass is 287 g/mol. The van der Waals surface area contributed by atoms with E-state index in [-0.39, 0.29) is 5.54 Å². The summed E-state index contributed by atoms with van der Waals surface area (Å²) in [5.74, 6) is 0.578. The standard InChI is InChI=1S/C20H33N/c1-8-20(9-2)13-19(6,7)21(14-20)18-16(5)11-10-12-17(18)15(3)4/h10-12,15H,8-9,13-14H2,1-7H3. The zero-order valence-electron chi connectivity index (χ0n) is 15.1. The second-order valence-corrected chi connectivity index (χ2v) is 7.95. The Labute approximate surface area is 131 Å². The van der Waals surface area contributed by atoms with E-state index in [4.69, 9.17) is 0 Å². The lowest BCUT2D eigenvalue weighted by Crippen LogP contribution is -2.39. The van der Waals surface area contributed by atoms with E-state index in [1.54, 1.807) is 0 Å². The molecule has 0 radical (unpaired) electrons. The Morgan fingerprint density at radius 2 is 1.76 bits per heavy atom. The van der Waals surface area contributed by atoms with Gasteiger partial charge < -0.3 is 4.90 Å². The van der Waals surface area contributed by atoms with Gasteiger partial charge in [-0.15, -0.1) is 0 Å². The lowest BCUT2D eigenvalue weighted by Gasteiger charge is -2.37. The van der Waals surface area contributed by atoms with Gasteiger partial charge in [-0.05, 0) is 62.5 Å². The number of benzene rings is 1. The molecule has 1 saturated heterocycles. The molecule has 0 atom stereocenters. The van der Waals surface area contributed by atoms with Crippen molar-refractivity contribution in [1.82, 2.24) is 0 Å². The quantitative estimate of drug-likeness (QED) is 0.665. The summed E-state index contributed by atoms with van der Waals surface area (Å²) in [7, 11) is 0. The summed E-state index contributed by atoms with van der Waals surface area (Å²) >= 11 is 0. The number of hydrogen-bond donors (Lipinski definition) is 0. The van der Waals surface area contributed by atoms with Crippen LogP contribution in [0.5, 0.6) is 0 Å². The number of aryl methyl sites for hydroxylation is 1. The van der Waals surface area contributed by atoms with E-state index in [1.807, 2.05) is 0 Å². The van der Waals surface area contributed by atoms with Crippen LogP contribution < -0.4 is 4.90 Å². The molecular formula is C20H33N. The first kappa shape index (κ1) is 16.4. The highest BCUT2D eigenvalue weighted by Crippen LogP contribution is 2.49. The maximum Gasteiger partial charge on any atom is 0.0435 e. The van der Waals surface area contributed by atoms with Crippen LogP contribution in [0.1, 0.15) is 77.8 Å². The Hall–Kier alpha value is -0.980. The molecular weight excluding hydrogens is 254 g/mol. The number of rotatable bonds is 4. The summed E-state index contributed by atoms with van der Waals surface area (Å²) in [5, 5.41) is 0. The van der Waals surface area contributed by atoms with Gasteiger partial charge in [0, 0.05) is 17.8 Å². The topological polar surface area (TPSA) is 3.24 Å². The Bertz CT molecular complexity index is 495. The van der Waals surface area contributed by atoms with Gasteiger partial charge in [0.15, 0.2) is 0 Å². The zero-order valence-corrected chi connectivity index (χ0v) is 15.1. The molecule has 0 unspecified atom stereocenters. The third-order valence-corrected chi connectivity index (χ3v) is 5.69. The van der Waals surface area contributed by atoms with Gasteiger partial charge >= 0.3 is 0 Å². The number of para-hydroxylation sites is 1. The summed E-state index contributed by atoms with van der Waals surface area (Å²) < 4.78 is 0. The summed E-state index contributed by atoms with van der Waals surface area (Å²) in [4.78, 5) is 2.71. The SMILES string of the molecule is CCC1(CC)CN(c2c(C)cccc2C(C)C)C(C)(C)C1. The number of nitrogens with zero attached hydrogens (tertiary/aromatic N) is 1. The molecule has 1 heterocycles. The van der Waals surface area contributed by atoms with E-state index in [0.29, 0.717) is 11.3 Å². The fourth-order valence-corrected chi connectivity index (χ4v) is 4.24. The van der Waals surface area contributed by atoms with Crippen LogP contribution in [0, 0.1) is 12.3 Å². The van der Waals surface area contributed by atoms with Crippen LogP contribution in [0.3, 0.4) is 0 Å². The average Bonchev–Trinajstić information content (AvgIpc) is 2.70. The Kier molecular flexibility index (Phi) is 4.42. The molecule has 1 aliphatic rings. The van der Waals surface area contributed by atoms with Crippen molar-refractivity contribution >= 4 is 5.69 Å². The predicted octanol–water partition coefficient (Wildman–Crippen LogP) is 5.91. The molecule has 2 rings (SSSR count). The summed E-state index contributed by atoms with van der Waals surface area (Å²) in [6, 6.07) is 6.81. The minimum Gasteiger partial charge on any atom is -0.365 e. The van der Waals surface area contributed by atoms with Crippen LogP contribution in [0.25, 0.3) is 0 Å². The van der Waals surface area contributed by atoms with Crippen molar-refractivity contribution in [2.24, 2.45) is 5.41 Å². The van der Waals surface area contributed by atoms with Crippen molar-refractivity contribution in [2.75, 3.05) is 11.4 Å². The maximum absolute atomic E-state index is 2.71. The number of hydrogen-bond acceptors (Lipinski definition) is 1. The van der Waals surface area contributed by atoms with Crippen LogP contribution in [0.4, 0.5) is 5.69 Å². The molecule has 1 aromatic carbocycles. The fourth-order valence-electron chi connectivity index (χ4n) is 4.24. The van der Waals surface area contributed by atoms with E-state index < -0.39 is 0 Å². The first-order chi connectivity index (χ1) is 9.76. The van der Waals surface area contributed by atoms with Crippen molar-refractivity contribution in [3.8, 4) is 0 Å². The molecule has 0 bridgehead atoms. The third-order valence-electron chi connectivity index (χ3n) is 5.69. The Balaban J connectivity index is 2.52. The van der Waals surface area contributed by atoms with Crippen molar-refractivity contribution in [3.05, 3.63) is 29.3 Å². The van der Waals surface area contributed by atoms with Crippen LogP contribution in [0.2, 0.25) is 0 Å². The van der Waals surface area contributed by atoms with Crippen molar-refractivity contribution in [3.63, 3.8) is 0 Å². The summed E-state index contributed by atoms with van der Waals surface area (Å²) in [6.07, 6.45) is 3.87. The molecule has 0 saturated carbocycles. The largest absolute Gasteiger partial charge is 0.365 e. The van der Waals surface area contributed by atoms with E-state index >= 15 is 0 Å². The van der Waals surface area contributed by atoms with E-state index in [1.165, 1.54) is 42.6 Å². The normalized spacial score (nSPS) is 20.3. The first-order valence-corrected chi connectivity index (χ1v) is 8.63. The summed E-state index contributed by atoms with van der Waals surface area (Å²) in [6.45, 7) is 17.7. The van der Waals surface area contributed by atoms with Gasteiger partial charge in [-0.3, -0.25) is 0 Å². The van der Waals surface area contributed by atoms with E-state index in [9.17, 15) is 0 Å². The maximum atomic E-state index is 2.71. The van der Waals surface area contributed by atoms with Crippen LogP contribution in [-0.2, 0) is 0 Å². The van der Waals surface area contributed by atoms with Crippen molar-refractivity contribution in [1.29, 1.82) is 0 Å². The second-order valence-electron chi connectivity index (χ2n) is 7.95. The molecule has 118 valence electrons. The lowest BCUT2D eigenvalue weighted by atomic mass is 9.78. The zero-order chi connectivity index (χ0) is 15.8. The van der Waals surface area contributed by atoms with E-state index in [2.05, 4.69) is 71.6 Å². The van der Waals surface area contributed by atoms with Crippen LogP contribution in [-0.4, -0.2) is 12.1 Å². The highest BCUT2D eigenvalue weighted by Gasteiger charge is 2.47. The Morgan fingerprint density at radius 1 is 1.14 bits per heavy atom. The molecule has 0 spiro atoms. The van der Waals surface area contributed by atoms with Gasteiger partial charge in [-0.1, -0.05) is 45.9 Å². The molecule has 0 amide bonds. The molecule has 0 aromatic heterocycles. The predicted molar refractivity (Wildman–Crippen MR) is 94.3 cm³/mol. The minimum atomic E-state index is 0.252. The van der Waals surface area contributed by atoms with Crippen molar-refractivity contribution in [2.45, 2.75) is 79.2 Å². The molecule has 0 aliphatic carbocycles. The molecule has 1 fully saturated rings. The molecule has 1 nitrogen and oxygen atoms in total.